The van der Waals surface area contributed by atoms with Gasteiger partial charge in [-0.2, -0.15) is 0 Å². The van der Waals surface area contributed by atoms with E-state index in [-0.39, 0.29) is 5.25 Å². The van der Waals surface area contributed by atoms with Crippen molar-refractivity contribution < 1.29 is 9.53 Å². The van der Waals surface area contributed by atoms with Gasteiger partial charge >= 0.3 is 6.09 Å². The number of benzene rings is 1. The minimum absolute atomic E-state index is 0.0610. The van der Waals surface area contributed by atoms with Crippen molar-refractivity contribution in [3.8, 4) is 0 Å². The molecule has 0 bridgehead atoms. The first-order valence-corrected chi connectivity index (χ1v) is 10.2. The summed E-state index contributed by atoms with van der Waals surface area (Å²) in [6, 6.07) is 5.39. The number of thioether (sulfide) groups is 1. The standard InChI is InChI=1S/C17H20Cl2N2O2S2/c1-17(2,3)23-16(22)21-7-6-13(15-20-8-9-24-15)25-14-10-11(18)4-5-12(14)19/h4-5,8-10,13H,6-7H2,1-3H3,(H,21,22)/t13-/m1/s1. The maximum Gasteiger partial charge on any atom is 0.407 e. The van der Waals surface area contributed by atoms with Crippen LogP contribution in [0.15, 0.2) is 34.7 Å². The van der Waals surface area contributed by atoms with E-state index in [0.717, 1.165) is 9.90 Å². The lowest BCUT2D eigenvalue weighted by Crippen LogP contribution is -2.33. The molecule has 8 heteroatoms. The molecule has 0 spiro atoms. The molecule has 0 saturated carbocycles. The lowest BCUT2D eigenvalue weighted by molar-refractivity contribution is 0.0527. The summed E-state index contributed by atoms with van der Waals surface area (Å²) >= 11 is 15.5. The number of amides is 1. The van der Waals surface area contributed by atoms with Crippen LogP contribution in [-0.4, -0.2) is 23.2 Å². The van der Waals surface area contributed by atoms with E-state index < -0.39 is 11.7 Å². The van der Waals surface area contributed by atoms with Gasteiger partial charge in [0.05, 0.1) is 10.3 Å². The zero-order chi connectivity index (χ0) is 18.4. The Morgan fingerprint density at radius 1 is 1.40 bits per heavy atom. The largest absolute Gasteiger partial charge is 0.444 e. The van der Waals surface area contributed by atoms with Gasteiger partial charge in [-0.1, -0.05) is 23.2 Å². The van der Waals surface area contributed by atoms with Gasteiger partial charge in [-0.15, -0.1) is 23.1 Å². The Bertz CT molecular complexity index is 703. The number of carbonyl (C=O) groups excluding carboxylic acids is 1. The quantitative estimate of drug-likeness (QED) is 0.567. The average Bonchev–Trinajstić information content (AvgIpc) is 3.02. The molecule has 25 heavy (non-hydrogen) atoms. The topological polar surface area (TPSA) is 51.2 Å². The first kappa shape index (κ1) is 20.4. The van der Waals surface area contributed by atoms with Crippen LogP contribution >= 0.6 is 46.3 Å². The van der Waals surface area contributed by atoms with Crippen LogP contribution in [0.5, 0.6) is 0 Å². The van der Waals surface area contributed by atoms with Crippen LogP contribution in [-0.2, 0) is 4.74 Å². The highest BCUT2D eigenvalue weighted by molar-refractivity contribution is 7.99. The van der Waals surface area contributed by atoms with Crippen molar-refractivity contribution in [1.29, 1.82) is 0 Å². The van der Waals surface area contributed by atoms with E-state index in [4.69, 9.17) is 27.9 Å². The molecule has 1 amide bonds. The number of carbonyl (C=O) groups is 1. The molecule has 0 radical (unpaired) electrons. The molecule has 0 aliphatic heterocycles. The number of nitrogens with zero attached hydrogens (tertiary/aromatic N) is 1. The van der Waals surface area contributed by atoms with E-state index >= 15 is 0 Å². The van der Waals surface area contributed by atoms with Gasteiger partial charge in [0.2, 0.25) is 0 Å². The molecule has 4 nitrogen and oxygen atoms in total. The predicted octanol–water partition coefficient (Wildman–Crippen LogP) is 6.20. The summed E-state index contributed by atoms with van der Waals surface area (Å²) in [4.78, 5) is 17.1. The number of rotatable bonds is 6. The van der Waals surface area contributed by atoms with Crippen LogP contribution in [0, 0.1) is 0 Å². The number of aromatic nitrogens is 1. The zero-order valence-electron chi connectivity index (χ0n) is 14.2. The third kappa shape index (κ3) is 7.05. The molecule has 2 rings (SSSR count). The highest BCUT2D eigenvalue weighted by Crippen LogP contribution is 2.42. The summed E-state index contributed by atoms with van der Waals surface area (Å²) in [5.41, 5.74) is -0.512. The maximum absolute atomic E-state index is 11.8. The summed E-state index contributed by atoms with van der Waals surface area (Å²) < 4.78 is 5.25. The van der Waals surface area contributed by atoms with E-state index in [1.54, 1.807) is 41.4 Å². The number of hydrogen-bond acceptors (Lipinski definition) is 5. The fourth-order valence-electron chi connectivity index (χ4n) is 1.97. The molecular formula is C17H20Cl2N2O2S2. The van der Waals surface area contributed by atoms with E-state index in [1.165, 1.54) is 0 Å². The average molecular weight is 419 g/mol. The summed E-state index contributed by atoms with van der Waals surface area (Å²) in [5, 5.41) is 7.05. The Labute approximate surface area is 166 Å². The molecule has 0 fully saturated rings. The molecule has 0 aliphatic carbocycles. The Balaban J connectivity index is 2.00. The number of ether oxygens (including phenoxy) is 1. The van der Waals surface area contributed by atoms with Crippen molar-refractivity contribution in [2.24, 2.45) is 0 Å². The molecule has 1 N–H and O–H groups in total. The number of alkyl carbamates (subject to hydrolysis) is 1. The van der Waals surface area contributed by atoms with Crippen LogP contribution in [0.3, 0.4) is 0 Å². The Morgan fingerprint density at radius 2 is 2.16 bits per heavy atom. The highest BCUT2D eigenvalue weighted by atomic mass is 35.5. The van der Waals surface area contributed by atoms with E-state index in [1.807, 2.05) is 32.2 Å². The van der Waals surface area contributed by atoms with Crippen LogP contribution < -0.4 is 5.32 Å². The summed E-state index contributed by atoms with van der Waals surface area (Å²) in [6.07, 6.45) is 2.05. The zero-order valence-corrected chi connectivity index (χ0v) is 17.4. The van der Waals surface area contributed by atoms with Crippen molar-refractivity contribution >= 4 is 52.4 Å². The number of thiazole rings is 1. The van der Waals surface area contributed by atoms with Gasteiger partial charge in [-0.25, -0.2) is 9.78 Å². The van der Waals surface area contributed by atoms with Crippen LogP contribution in [0.1, 0.15) is 37.4 Å². The normalized spacial score (nSPS) is 12.7. The number of halogens is 2. The molecule has 1 aromatic heterocycles. The van der Waals surface area contributed by atoms with Gasteiger partial charge in [-0.3, -0.25) is 0 Å². The minimum atomic E-state index is -0.512. The minimum Gasteiger partial charge on any atom is -0.444 e. The van der Waals surface area contributed by atoms with Crippen molar-refractivity contribution in [3.05, 3.63) is 44.8 Å². The van der Waals surface area contributed by atoms with Crippen molar-refractivity contribution in [2.45, 2.75) is 42.9 Å². The third-order valence-corrected chi connectivity index (χ3v) is 6.01. The summed E-state index contributed by atoms with van der Waals surface area (Å²) in [6.45, 7) is 5.98. The molecule has 1 atom stereocenters. The van der Waals surface area contributed by atoms with E-state index in [9.17, 15) is 4.79 Å². The number of hydrogen-bond donors (Lipinski definition) is 1. The van der Waals surface area contributed by atoms with E-state index in [2.05, 4.69) is 10.3 Å². The molecule has 0 unspecified atom stereocenters. The van der Waals surface area contributed by atoms with E-state index in [0.29, 0.717) is 23.0 Å². The van der Waals surface area contributed by atoms with Crippen LogP contribution in [0.4, 0.5) is 4.79 Å². The first-order valence-electron chi connectivity index (χ1n) is 7.72. The lowest BCUT2D eigenvalue weighted by Gasteiger charge is -2.20. The second-order valence-electron chi connectivity index (χ2n) is 6.27. The molecule has 0 saturated heterocycles. The molecular weight excluding hydrogens is 399 g/mol. The molecule has 1 aromatic carbocycles. The van der Waals surface area contributed by atoms with Crippen LogP contribution in [0.25, 0.3) is 0 Å². The monoisotopic (exact) mass is 418 g/mol. The fraction of sp³-hybridized carbons (Fsp3) is 0.412. The lowest BCUT2D eigenvalue weighted by atomic mass is 10.2. The van der Waals surface area contributed by atoms with Crippen molar-refractivity contribution in [2.75, 3.05) is 6.54 Å². The highest BCUT2D eigenvalue weighted by Gasteiger charge is 2.20. The first-order chi connectivity index (χ1) is 11.7. The van der Waals surface area contributed by atoms with Gasteiger partial charge in [-0.05, 0) is 45.4 Å². The fourth-order valence-corrected chi connectivity index (χ4v) is 4.50. The van der Waals surface area contributed by atoms with Gasteiger partial charge in [0, 0.05) is 28.0 Å². The van der Waals surface area contributed by atoms with Crippen molar-refractivity contribution in [1.82, 2.24) is 10.3 Å². The van der Waals surface area contributed by atoms with Crippen molar-refractivity contribution in [3.63, 3.8) is 0 Å². The van der Waals surface area contributed by atoms with Gasteiger partial charge < -0.3 is 10.1 Å². The molecule has 2 aromatic rings. The maximum atomic E-state index is 11.8. The molecule has 1 heterocycles. The number of nitrogens with one attached hydrogen (secondary N) is 1. The van der Waals surface area contributed by atoms with Crippen LogP contribution in [0.2, 0.25) is 10.0 Å². The second-order valence-corrected chi connectivity index (χ2v) is 9.28. The molecule has 136 valence electrons. The second kappa shape index (κ2) is 9.12. The predicted molar refractivity (Wildman–Crippen MR) is 106 cm³/mol. The summed E-state index contributed by atoms with van der Waals surface area (Å²) in [5.74, 6) is 0. The Kier molecular flexibility index (Phi) is 7.43. The van der Waals surface area contributed by atoms with Gasteiger partial charge in [0.15, 0.2) is 0 Å². The van der Waals surface area contributed by atoms with Gasteiger partial charge in [0.1, 0.15) is 10.6 Å². The SMILES string of the molecule is CC(C)(C)OC(=O)NCC[C@@H](Sc1cc(Cl)ccc1Cl)c1nccs1. The Hall–Kier alpha value is -0.950. The molecule has 0 aliphatic rings. The Morgan fingerprint density at radius 3 is 2.80 bits per heavy atom. The summed E-state index contributed by atoms with van der Waals surface area (Å²) in [7, 11) is 0. The third-order valence-electron chi connectivity index (χ3n) is 2.96. The van der Waals surface area contributed by atoms with Gasteiger partial charge in [0.25, 0.3) is 0 Å². The smallest absolute Gasteiger partial charge is 0.407 e.